The summed E-state index contributed by atoms with van der Waals surface area (Å²) in [5.41, 5.74) is 0.706. The fourth-order valence-electron chi connectivity index (χ4n) is 2.40. The zero-order valence-corrected chi connectivity index (χ0v) is 13.7. The summed E-state index contributed by atoms with van der Waals surface area (Å²) in [6, 6.07) is 11.1. The fraction of sp³-hybridized carbons (Fsp3) is 0.278. The van der Waals surface area contributed by atoms with Gasteiger partial charge in [0.05, 0.1) is 25.1 Å². The topological polar surface area (TPSA) is 78.7 Å². The smallest absolute Gasteiger partial charge is 0.306 e. The molecule has 0 aliphatic heterocycles. The quantitative estimate of drug-likeness (QED) is 0.438. The third-order valence-corrected chi connectivity index (χ3v) is 3.57. The number of nitrogens with zero attached hydrogens (tertiary/aromatic N) is 1. The van der Waals surface area contributed by atoms with Crippen molar-refractivity contribution in [2.75, 3.05) is 13.7 Å². The molecule has 0 saturated carbocycles. The highest BCUT2D eigenvalue weighted by molar-refractivity contribution is 5.91. The van der Waals surface area contributed by atoms with Crippen LogP contribution in [-0.2, 0) is 9.53 Å². The summed E-state index contributed by atoms with van der Waals surface area (Å²) in [5, 5.41) is 13.1. The summed E-state index contributed by atoms with van der Waals surface area (Å²) in [6.07, 6.45) is 1.52. The molecule has 0 fully saturated rings. The number of ether oxygens (including phenoxy) is 2. The van der Waals surface area contributed by atoms with E-state index in [9.17, 15) is 14.9 Å². The van der Waals surface area contributed by atoms with Crippen LogP contribution in [0.5, 0.6) is 5.75 Å². The lowest BCUT2D eigenvalue weighted by Crippen LogP contribution is -2.07. The minimum absolute atomic E-state index is 0.0146. The van der Waals surface area contributed by atoms with Gasteiger partial charge in [-0.05, 0) is 35.4 Å². The molecule has 2 rings (SSSR count). The van der Waals surface area contributed by atoms with Crippen molar-refractivity contribution in [1.82, 2.24) is 0 Å². The molecule has 6 heteroatoms. The van der Waals surface area contributed by atoms with Crippen molar-refractivity contribution in [1.29, 1.82) is 0 Å². The molecule has 0 aliphatic rings. The van der Waals surface area contributed by atoms with Crippen LogP contribution >= 0.6 is 0 Å². The molecule has 0 aromatic heterocycles. The van der Waals surface area contributed by atoms with E-state index in [0.29, 0.717) is 0 Å². The van der Waals surface area contributed by atoms with E-state index in [2.05, 4.69) is 0 Å². The molecule has 0 bridgehead atoms. The Morgan fingerprint density at radius 1 is 1.25 bits per heavy atom. The van der Waals surface area contributed by atoms with Crippen LogP contribution in [0.3, 0.4) is 0 Å². The van der Waals surface area contributed by atoms with Gasteiger partial charge in [-0.15, -0.1) is 0 Å². The minimum atomic E-state index is -0.457. The fourth-order valence-corrected chi connectivity index (χ4v) is 2.40. The summed E-state index contributed by atoms with van der Waals surface area (Å²) in [7, 11) is 1.59. The third-order valence-electron chi connectivity index (χ3n) is 3.57. The maximum atomic E-state index is 11.4. The Bertz CT molecular complexity index is 782. The van der Waals surface area contributed by atoms with Gasteiger partial charge in [-0.3, -0.25) is 14.9 Å². The second-order valence-electron chi connectivity index (χ2n) is 5.13. The van der Waals surface area contributed by atoms with Gasteiger partial charge in [0.2, 0.25) is 5.70 Å². The highest BCUT2D eigenvalue weighted by Gasteiger charge is 2.15. The Morgan fingerprint density at radius 2 is 2.04 bits per heavy atom. The van der Waals surface area contributed by atoms with Crippen molar-refractivity contribution in [3.8, 4) is 5.75 Å². The Balaban J connectivity index is 2.33. The van der Waals surface area contributed by atoms with Gasteiger partial charge in [0.15, 0.2) is 0 Å². The van der Waals surface area contributed by atoms with Gasteiger partial charge in [0.1, 0.15) is 5.75 Å². The second-order valence-corrected chi connectivity index (χ2v) is 5.13. The molecule has 0 atom stereocenters. The second kappa shape index (κ2) is 8.10. The van der Waals surface area contributed by atoms with E-state index in [4.69, 9.17) is 9.47 Å². The molecule has 0 heterocycles. The summed E-state index contributed by atoms with van der Waals surface area (Å²) >= 11 is 0. The van der Waals surface area contributed by atoms with Crippen LogP contribution in [0.15, 0.2) is 42.1 Å². The SMILES string of the molecule is CCOC(=O)CC/C(=C/c1cccc2cc(OC)ccc12)[N+](=O)[O-]. The molecule has 0 saturated heterocycles. The Morgan fingerprint density at radius 3 is 2.71 bits per heavy atom. The Kier molecular flexibility index (Phi) is 5.89. The molecule has 0 N–H and O–H groups in total. The lowest BCUT2D eigenvalue weighted by Gasteiger charge is -2.06. The molecule has 0 unspecified atom stereocenters. The molecule has 2 aromatic carbocycles. The van der Waals surface area contributed by atoms with E-state index < -0.39 is 10.9 Å². The van der Waals surface area contributed by atoms with Crippen LogP contribution in [0.25, 0.3) is 16.8 Å². The molecule has 24 heavy (non-hydrogen) atoms. The summed E-state index contributed by atoms with van der Waals surface area (Å²) < 4.78 is 10.0. The molecule has 126 valence electrons. The van der Waals surface area contributed by atoms with Gasteiger partial charge < -0.3 is 9.47 Å². The summed E-state index contributed by atoms with van der Waals surface area (Å²) in [4.78, 5) is 22.2. The predicted molar refractivity (Wildman–Crippen MR) is 91.3 cm³/mol. The molecule has 0 radical (unpaired) electrons. The number of benzene rings is 2. The Labute approximate surface area is 139 Å². The molecule has 0 amide bonds. The lowest BCUT2D eigenvalue weighted by atomic mass is 10.0. The number of carbonyl (C=O) groups excluding carboxylic acids is 1. The van der Waals surface area contributed by atoms with E-state index in [0.717, 1.165) is 22.1 Å². The zero-order valence-electron chi connectivity index (χ0n) is 13.7. The average Bonchev–Trinajstić information content (AvgIpc) is 2.58. The average molecular weight is 329 g/mol. The number of fused-ring (bicyclic) bond motifs is 1. The predicted octanol–water partition coefficient (Wildman–Crippen LogP) is 3.81. The first-order chi connectivity index (χ1) is 11.5. The number of hydrogen-bond acceptors (Lipinski definition) is 5. The van der Waals surface area contributed by atoms with Crippen LogP contribution in [0.4, 0.5) is 0 Å². The van der Waals surface area contributed by atoms with Crippen molar-refractivity contribution in [3.63, 3.8) is 0 Å². The van der Waals surface area contributed by atoms with Gasteiger partial charge in [0.25, 0.3) is 0 Å². The number of nitro groups is 1. The normalized spacial score (nSPS) is 11.3. The highest BCUT2D eigenvalue weighted by Crippen LogP contribution is 2.26. The van der Waals surface area contributed by atoms with Crippen molar-refractivity contribution in [2.24, 2.45) is 0 Å². The number of methoxy groups -OCH3 is 1. The first-order valence-corrected chi connectivity index (χ1v) is 7.62. The monoisotopic (exact) mass is 329 g/mol. The van der Waals surface area contributed by atoms with E-state index in [-0.39, 0.29) is 25.1 Å². The molecular formula is C18H19NO5. The van der Waals surface area contributed by atoms with Crippen molar-refractivity contribution in [3.05, 3.63) is 57.8 Å². The number of allylic oxidation sites excluding steroid dienone is 1. The largest absolute Gasteiger partial charge is 0.497 e. The molecular weight excluding hydrogens is 310 g/mol. The van der Waals surface area contributed by atoms with Gasteiger partial charge in [-0.25, -0.2) is 0 Å². The molecule has 0 aliphatic carbocycles. The summed E-state index contributed by atoms with van der Waals surface area (Å²) in [6.45, 7) is 1.97. The van der Waals surface area contributed by atoms with E-state index in [1.54, 1.807) is 14.0 Å². The summed E-state index contributed by atoms with van der Waals surface area (Å²) in [5.74, 6) is 0.286. The number of rotatable bonds is 7. The minimum Gasteiger partial charge on any atom is -0.497 e. The van der Waals surface area contributed by atoms with Crippen LogP contribution in [0.1, 0.15) is 25.3 Å². The van der Waals surface area contributed by atoms with Gasteiger partial charge in [-0.1, -0.05) is 24.3 Å². The first-order valence-electron chi connectivity index (χ1n) is 7.62. The number of esters is 1. The molecule has 6 nitrogen and oxygen atoms in total. The standard InChI is InChI=1S/C18H19NO5/c1-3-24-18(20)10-7-15(19(21)22)11-13-5-4-6-14-12-16(23-2)8-9-17(13)14/h4-6,8-9,11-12H,3,7,10H2,1-2H3/b15-11-. The van der Waals surface area contributed by atoms with Crippen molar-refractivity contribution >= 4 is 22.8 Å². The van der Waals surface area contributed by atoms with E-state index in [1.165, 1.54) is 6.08 Å². The maximum Gasteiger partial charge on any atom is 0.306 e. The van der Waals surface area contributed by atoms with Crippen molar-refractivity contribution < 1.29 is 19.2 Å². The zero-order chi connectivity index (χ0) is 17.5. The lowest BCUT2D eigenvalue weighted by molar-refractivity contribution is -0.426. The van der Waals surface area contributed by atoms with E-state index in [1.807, 2.05) is 36.4 Å². The van der Waals surface area contributed by atoms with Gasteiger partial charge >= 0.3 is 5.97 Å². The van der Waals surface area contributed by atoms with Gasteiger partial charge in [-0.2, -0.15) is 0 Å². The molecule has 2 aromatic rings. The van der Waals surface area contributed by atoms with Gasteiger partial charge in [0, 0.05) is 12.5 Å². The maximum absolute atomic E-state index is 11.4. The van der Waals surface area contributed by atoms with Crippen molar-refractivity contribution in [2.45, 2.75) is 19.8 Å². The number of hydrogen-bond donors (Lipinski definition) is 0. The Hall–Kier alpha value is -2.89. The van der Waals surface area contributed by atoms with E-state index >= 15 is 0 Å². The highest BCUT2D eigenvalue weighted by atomic mass is 16.6. The van der Waals surface area contributed by atoms with Crippen LogP contribution in [0.2, 0.25) is 0 Å². The first kappa shape index (κ1) is 17.5. The molecule has 0 spiro atoms. The number of carbonyl (C=O) groups is 1. The van der Waals surface area contributed by atoms with Crippen LogP contribution in [-0.4, -0.2) is 24.6 Å². The van der Waals surface area contributed by atoms with Crippen LogP contribution in [0, 0.1) is 10.1 Å². The van der Waals surface area contributed by atoms with Crippen LogP contribution < -0.4 is 4.74 Å². The third kappa shape index (κ3) is 4.32.